The third-order valence-electron chi connectivity index (χ3n) is 5.45. The van der Waals surface area contributed by atoms with Crippen LogP contribution in [0.5, 0.6) is 11.5 Å². The van der Waals surface area contributed by atoms with E-state index in [9.17, 15) is 10.2 Å². The number of hydrogen-bond donors (Lipinski definition) is 2. The summed E-state index contributed by atoms with van der Waals surface area (Å²) in [5.41, 5.74) is 1.89. The number of fused-ring (bicyclic) bond motifs is 2. The zero-order valence-corrected chi connectivity index (χ0v) is 11.5. The summed E-state index contributed by atoms with van der Waals surface area (Å²) >= 11 is 0. The van der Waals surface area contributed by atoms with Crippen LogP contribution in [0.3, 0.4) is 0 Å². The maximum Gasteiger partial charge on any atom is 0.231 e. The van der Waals surface area contributed by atoms with E-state index in [4.69, 9.17) is 9.47 Å². The normalized spacial score (nSPS) is 41.8. The smallest absolute Gasteiger partial charge is 0.231 e. The molecule has 1 aromatic carbocycles. The predicted octanol–water partition coefficient (Wildman–Crippen LogP) is 0.533. The predicted molar refractivity (Wildman–Crippen MR) is 74.2 cm³/mol. The Morgan fingerprint density at radius 1 is 1.19 bits per heavy atom. The molecule has 0 radical (unpaired) electrons. The highest BCUT2D eigenvalue weighted by atomic mass is 16.7. The van der Waals surface area contributed by atoms with Gasteiger partial charge in [0.1, 0.15) is 0 Å². The average Bonchev–Trinajstić information content (AvgIpc) is 2.99. The van der Waals surface area contributed by atoms with E-state index in [-0.39, 0.29) is 12.8 Å². The molecule has 0 saturated carbocycles. The summed E-state index contributed by atoms with van der Waals surface area (Å²) in [4.78, 5) is 2.28. The van der Waals surface area contributed by atoms with Gasteiger partial charge in [-0.15, -0.1) is 0 Å². The fraction of sp³-hybridized carbons (Fsp3) is 0.500. The summed E-state index contributed by atoms with van der Waals surface area (Å²) in [5, 5.41) is 20.7. The molecule has 1 fully saturated rings. The lowest BCUT2D eigenvalue weighted by atomic mass is 9.65. The molecule has 0 aromatic heterocycles. The van der Waals surface area contributed by atoms with Crippen molar-refractivity contribution in [2.24, 2.45) is 0 Å². The lowest BCUT2D eigenvalue weighted by Crippen LogP contribution is -2.52. The van der Waals surface area contributed by atoms with Crippen molar-refractivity contribution in [3.8, 4) is 11.5 Å². The Kier molecular flexibility index (Phi) is 2.17. The van der Waals surface area contributed by atoms with Crippen LogP contribution in [0.25, 0.3) is 0 Å². The van der Waals surface area contributed by atoms with Gasteiger partial charge < -0.3 is 19.7 Å². The topological polar surface area (TPSA) is 62.2 Å². The molecular weight excluding hydrogens is 270 g/mol. The summed E-state index contributed by atoms with van der Waals surface area (Å²) < 4.78 is 11.0. The summed E-state index contributed by atoms with van der Waals surface area (Å²) in [7, 11) is 0. The Labute approximate surface area is 122 Å². The van der Waals surface area contributed by atoms with Gasteiger partial charge in [0.05, 0.1) is 17.6 Å². The number of hydrogen-bond acceptors (Lipinski definition) is 5. The molecule has 5 rings (SSSR count). The zero-order chi connectivity index (χ0) is 14.2. The minimum atomic E-state index is -0.451. The number of aliphatic hydroxyl groups is 2. The lowest BCUT2D eigenvalue weighted by molar-refractivity contribution is 0.0937. The number of rotatable bonds is 0. The SMILES string of the molecule is O[C@@H]1C=C[C@]23c4cc5c(cc4CN(C[C@@H]2O)[C@@H]3C1)OCO5. The second kappa shape index (κ2) is 3.80. The van der Waals surface area contributed by atoms with Crippen LogP contribution in [0.15, 0.2) is 24.3 Å². The van der Waals surface area contributed by atoms with Gasteiger partial charge in [-0.25, -0.2) is 0 Å². The Morgan fingerprint density at radius 3 is 2.86 bits per heavy atom. The molecule has 0 amide bonds. The van der Waals surface area contributed by atoms with Gasteiger partial charge in [0.2, 0.25) is 6.79 Å². The highest BCUT2D eigenvalue weighted by molar-refractivity contribution is 5.56. The van der Waals surface area contributed by atoms with Gasteiger partial charge >= 0.3 is 0 Å². The monoisotopic (exact) mass is 287 g/mol. The van der Waals surface area contributed by atoms with E-state index >= 15 is 0 Å². The van der Waals surface area contributed by atoms with E-state index in [0.29, 0.717) is 13.0 Å². The number of benzene rings is 1. The third kappa shape index (κ3) is 1.36. The highest BCUT2D eigenvalue weighted by Crippen LogP contribution is 2.53. The molecule has 5 atom stereocenters. The first-order valence-corrected chi connectivity index (χ1v) is 7.41. The molecule has 110 valence electrons. The van der Waals surface area contributed by atoms with Crippen molar-refractivity contribution < 1.29 is 19.7 Å². The zero-order valence-electron chi connectivity index (χ0n) is 11.5. The van der Waals surface area contributed by atoms with Gasteiger partial charge in [-0.1, -0.05) is 12.2 Å². The van der Waals surface area contributed by atoms with E-state index in [1.54, 1.807) is 0 Å². The van der Waals surface area contributed by atoms with Crippen LogP contribution in [0.4, 0.5) is 0 Å². The standard InChI is InChI=1S/C16H17NO4/c18-10-1-2-16-11-5-13-12(20-8-21-13)3-9(11)6-17(7-15(16)19)14(16)4-10/h1-3,5,10,14-15,18-19H,4,6-8H2/t10-,14-,15+,16-/m1/s1. The highest BCUT2D eigenvalue weighted by Gasteiger charge is 2.58. The maximum atomic E-state index is 10.7. The van der Waals surface area contributed by atoms with Crippen molar-refractivity contribution in [3.05, 3.63) is 35.4 Å². The largest absolute Gasteiger partial charge is 0.454 e. The summed E-state index contributed by atoms with van der Waals surface area (Å²) in [6.45, 7) is 1.69. The first-order chi connectivity index (χ1) is 10.2. The number of nitrogens with zero attached hydrogens (tertiary/aromatic N) is 1. The molecule has 5 heteroatoms. The lowest BCUT2D eigenvalue weighted by Gasteiger charge is -2.45. The van der Waals surface area contributed by atoms with Crippen molar-refractivity contribution in [1.82, 2.24) is 4.90 Å². The molecule has 1 saturated heterocycles. The molecule has 0 spiro atoms. The molecule has 4 aliphatic rings. The van der Waals surface area contributed by atoms with E-state index in [1.165, 1.54) is 5.56 Å². The molecule has 1 aliphatic carbocycles. The maximum absolute atomic E-state index is 10.7. The fourth-order valence-electron chi connectivity index (χ4n) is 4.53. The van der Waals surface area contributed by atoms with Crippen LogP contribution in [-0.2, 0) is 12.0 Å². The van der Waals surface area contributed by atoms with Crippen LogP contribution in [0, 0.1) is 0 Å². The Bertz CT molecular complexity index is 658. The summed E-state index contributed by atoms with van der Waals surface area (Å²) in [6.07, 6.45) is 3.63. The van der Waals surface area contributed by atoms with Gasteiger partial charge in [0, 0.05) is 19.1 Å². The molecule has 2 N–H and O–H groups in total. The second-order valence-electron chi connectivity index (χ2n) is 6.42. The van der Waals surface area contributed by atoms with Gasteiger partial charge in [-0.2, -0.15) is 0 Å². The molecule has 3 heterocycles. The van der Waals surface area contributed by atoms with Crippen molar-refractivity contribution >= 4 is 0 Å². The van der Waals surface area contributed by atoms with Crippen LogP contribution in [0.2, 0.25) is 0 Å². The van der Waals surface area contributed by atoms with Crippen molar-refractivity contribution in [2.45, 2.75) is 36.6 Å². The first-order valence-electron chi connectivity index (χ1n) is 7.41. The average molecular weight is 287 g/mol. The molecule has 1 unspecified atom stereocenters. The fourth-order valence-corrected chi connectivity index (χ4v) is 4.53. The Hall–Kier alpha value is -1.56. The Morgan fingerprint density at radius 2 is 2.00 bits per heavy atom. The number of ether oxygens (including phenoxy) is 2. The van der Waals surface area contributed by atoms with Crippen molar-refractivity contribution in [1.29, 1.82) is 0 Å². The van der Waals surface area contributed by atoms with Gasteiger partial charge in [0.25, 0.3) is 0 Å². The van der Waals surface area contributed by atoms with Crippen LogP contribution < -0.4 is 9.47 Å². The minimum Gasteiger partial charge on any atom is -0.454 e. The van der Waals surface area contributed by atoms with E-state index < -0.39 is 17.6 Å². The van der Waals surface area contributed by atoms with Crippen molar-refractivity contribution in [2.75, 3.05) is 13.3 Å². The Balaban J connectivity index is 1.76. The van der Waals surface area contributed by atoms with E-state index in [0.717, 1.165) is 23.6 Å². The minimum absolute atomic E-state index is 0.153. The summed E-state index contributed by atoms with van der Waals surface area (Å²) in [6, 6.07) is 4.22. The van der Waals surface area contributed by atoms with Gasteiger partial charge in [0.15, 0.2) is 11.5 Å². The van der Waals surface area contributed by atoms with Gasteiger partial charge in [-0.3, -0.25) is 4.90 Å². The quantitative estimate of drug-likeness (QED) is 0.682. The van der Waals surface area contributed by atoms with Crippen molar-refractivity contribution in [3.63, 3.8) is 0 Å². The van der Waals surface area contributed by atoms with Crippen LogP contribution in [0.1, 0.15) is 17.5 Å². The van der Waals surface area contributed by atoms with E-state index in [2.05, 4.69) is 4.90 Å². The molecule has 5 nitrogen and oxygen atoms in total. The van der Waals surface area contributed by atoms with E-state index in [1.807, 2.05) is 24.3 Å². The third-order valence-corrected chi connectivity index (χ3v) is 5.45. The molecule has 2 bridgehead atoms. The molecule has 21 heavy (non-hydrogen) atoms. The second-order valence-corrected chi connectivity index (χ2v) is 6.42. The molecular formula is C16H17NO4. The molecule has 1 aromatic rings. The van der Waals surface area contributed by atoms with Crippen LogP contribution in [-0.4, -0.2) is 46.7 Å². The summed E-state index contributed by atoms with van der Waals surface area (Å²) in [5.74, 6) is 1.55. The molecule has 3 aliphatic heterocycles. The number of aliphatic hydroxyl groups excluding tert-OH is 2. The first kappa shape index (κ1) is 12.0. The van der Waals surface area contributed by atoms with Crippen LogP contribution >= 0.6 is 0 Å². The van der Waals surface area contributed by atoms with Gasteiger partial charge in [-0.05, 0) is 29.7 Å².